The van der Waals surface area contributed by atoms with Crippen molar-refractivity contribution in [2.24, 2.45) is 5.73 Å². The monoisotopic (exact) mass is 253 g/mol. The largest absolute Gasteiger partial charge is 0.494 e. The second kappa shape index (κ2) is 7.36. The van der Waals surface area contributed by atoms with Crippen LogP contribution in [-0.2, 0) is 6.61 Å². The second-order valence-electron chi connectivity index (χ2n) is 4.63. The Balaban J connectivity index is 2.33. The SMILES string of the molecule is CCC(N)(CO)CCCOc1cccc(CO)c1. The minimum atomic E-state index is -0.490. The van der Waals surface area contributed by atoms with Crippen LogP contribution in [0.3, 0.4) is 0 Å². The average molecular weight is 253 g/mol. The fourth-order valence-corrected chi connectivity index (χ4v) is 1.72. The van der Waals surface area contributed by atoms with Crippen LogP contribution in [0.25, 0.3) is 0 Å². The molecule has 0 aliphatic rings. The molecule has 4 heteroatoms. The molecule has 4 N–H and O–H groups in total. The summed E-state index contributed by atoms with van der Waals surface area (Å²) in [7, 11) is 0. The predicted molar refractivity (Wildman–Crippen MR) is 71.4 cm³/mol. The van der Waals surface area contributed by atoms with E-state index in [1.54, 1.807) is 0 Å². The van der Waals surface area contributed by atoms with Gasteiger partial charge in [0.1, 0.15) is 5.75 Å². The minimum Gasteiger partial charge on any atom is -0.494 e. The quantitative estimate of drug-likeness (QED) is 0.613. The highest BCUT2D eigenvalue weighted by molar-refractivity contribution is 5.27. The van der Waals surface area contributed by atoms with Crippen LogP contribution in [0.5, 0.6) is 5.75 Å². The van der Waals surface area contributed by atoms with Gasteiger partial charge in [-0.1, -0.05) is 19.1 Å². The lowest BCUT2D eigenvalue weighted by molar-refractivity contribution is 0.171. The van der Waals surface area contributed by atoms with Gasteiger partial charge in [0, 0.05) is 5.54 Å². The van der Waals surface area contributed by atoms with Gasteiger partial charge >= 0.3 is 0 Å². The molecule has 0 heterocycles. The number of hydrogen-bond acceptors (Lipinski definition) is 4. The van der Waals surface area contributed by atoms with E-state index in [4.69, 9.17) is 15.6 Å². The van der Waals surface area contributed by atoms with Gasteiger partial charge in [0.2, 0.25) is 0 Å². The molecule has 0 aromatic heterocycles. The molecule has 0 fully saturated rings. The highest BCUT2D eigenvalue weighted by Gasteiger charge is 2.20. The van der Waals surface area contributed by atoms with E-state index in [1.807, 2.05) is 31.2 Å². The Morgan fingerprint density at radius 3 is 2.72 bits per heavy atom. The predicted octanol–water partition coefficient (Wildman–Crippen LogP) is 1.44. The number of ether oxygens (including phenoxy) is 1. The topological polar surface area (TPSA) is 75.7 Å². The molecule has 0 spiro atoms. The third-order valence-electron chi connectivity index (χ3n) is 3.19. The fraction of sp³-hybridized carbons (Fsp3) is 0.571. The van der Waals surface area contributed by atoms with Crippen LogP contribution in [0, 0.1) is 0 Å². The number of rotatable bonds is 8. The average Bonchev–Trinajstić information content (AvgIpc) is 2.43. The summed E-state index contributed by atoms with van der Waals surface area (Å²) in [4.78, 5) is 0. The summed E-state index contributed by atoms with van der Waals surface area (Å²) in [6.07, 6.45) is 2.29. The van der Waals surface area contributed by atoms with E-state index in [0.717, 1.165) is 30.6 Å². The zero-order chi connectivity index (χ0) is 13.4. The van der Waals surface area contributed by atoms with Gasteiger partial charge in [-0.05, 0) is 37.0 Å². The van der Waals surface area contributed by atoms with Crippen molar-refractivity contribution in [1.82, 2.24) is 0 Å². The fourth-order valence-electron chi connectivity index (χ4n) is 1.72. The van der Waals surface area contributed by atoms with Crippen molar-refractivity contribution >= 4 is 0 Å². The molecule has 0 bridgehead atoms. The van der Waals surface area contributed by atoms with Gasteiger partial charge in [0.25, 0.3) is 0 Å². The van der Waals surface area contributed by atoms with E-state index in [1.165, 1.54) is 0 Å². The van der Waals surface area contributed by atoms with Crippen LogP contribution in [0.15, 0.2) is 24.3 Å². The molecule has 102 valence electrons. The van der Waals surface area contributed by atoms with E-state index in [2.05, 4.69) is 0 Å². The standard InChI is InChI=1S/C14H23NO3/c1-2-14(15,11-17)7-4-8-18-13-6-3-5-12(9-13)10-16/h3,5-6,9,16-17H,2,4,7-8,10-11,15H2,1H3. The summed E-state index contributed by atoms with van der Waals surface area (Å²) in [6, 6.07) is 7.39. The highest BCUT2D eigenvalue weighted by atomic mass is 16.5. The maximum absolute atomic E-state index is 9.18. The molecule has 0 saturated heterocycles. The first-order valence-electron chi connectivity index (χ1n) is 6.36. The third kappa shape index (κ3) is 4.64. The second-order valence-corrected chi connectivity index (χ2v) is 4.63. The van der Waals surface area contributed by atoms with Crippen molar-refractivity contribution in [2.45, 2.75) is 38.3 Å². The summed E-state index contributed by atoms with van der Waals surface area (Å²) < 4.78 is 5.58. The molecule has 0 saturated carbocycles. The van der Waals surface area contributed by atoms with Gasteiger partial charge in [-0.15, -0.1) is 0 Å². The van der Waals surface area contributed by atoms with Crippen molar-refractivity contribution in [3.05, 3.63) is 29.8 Å². The number of aliphatic hydroxyl groups excluding tert-OH is 2. The molecule has 1 atom stereocenters. The Bertz CT molecular complexity index is 351. The minimum absolute atomic E-state index is 0.00347. The zero-order valence-electron chi connectivity index (χ0n) is 10.9. The van der Waals surface area contributed by atoms with Crippen LogP contribution < -0.4 is 10.5 Å². The van der Waals surface area contributed by atoms with E-state index in [-0.39, 0.29) is 13.2 Å². The van der Waals surface area contributed by atoms with E-state index >= 15 is 0 Å². The normalized spacial score (nSPS) is 14.2. The lowest BCUT2D eigenvalue weighted by Crippen LogP contribution is -2.43. The van der Waals surface area contributed by atoms with E-state index in [9.17, 15) is 5.11 Å². The molecule has 1 unspecified atom stereocenters. The van der Waals surface area contributed by atoms with Gasteiger partial charge in [-0.3, -0.25) is 0 Å². The number of benzene rings is 1. The lowest BCUT2D eigenvalue weighted by atomic mass is 9.93. The molecule has 0 aliphatic carbocycles. The Labute approximate surface area is 108 Å². The molecule has 4 nitrogen and oxygen atoms in total. The van der Waals surface area contributed by atoms with Gasteiger partial charge in [-0.2, -0.15) is 0 Å². The first kappa shape index (κ1) is 15.0. The number of aliphatic hydroxyl groups is 2. The molecule has 0 amide bonds. The Morgan fingerprint density at radius 2 is 2.11 bits per heavy atom. The maximum atomic E-state index is 9.18. The van der Waals surface area contributed by atoms with Crippen LogP contribution in [0.4, 0.5) is 0 Å². The maximum Gasteiger partial charge on any atom is 0.119 e. The van der Waals surface area contributed by atoms with E-state index < -0.39 is 5.54 Å². The first-order chi connectivity index (χ1) is 8.63. The summed E-state index contributed by atoms with van der Waals surface area (Å²) in [5.74, 6) is 0.754. The smallest absolute Gasteiger partial charge is 0.119 e. The number of hydrogen-bond donors (Lipinski definition) is 3. The molecule has 1 aromatic carbocycles. The summed E-state index contributed by atoms with van der Waals surface area (Å²) in [6.45, 7) is 2.56. The first-order valence-corrected chi connectivity index (χ1v) is 6.36. The van der Waals surface area contributed by atoms with Crippen molar-refractivity contribution < 1.29 is 14.9 Å². The molecule has 1 rings (SSSR count). The zero-order valence-corrected chi connectivity index (χ0v) is 10.9. The highest BCUT2D eigenvalue weighted by Crippen LogP contribution is 2.16. The van der Waals surface area contributed by atoms with Crippen LogP contribution in [0.2, 0.25) is 0 Å². The van der Waals surface area contributed by atoms with Crippen LogP contribution >= 0.6 is 0 Å². The van der Waals surface area contributed by atoms with Crippen molar-refractivity contribution in [3.63, 3.8) is 0 Å². The molecule has 18 heavy (non-hydrogen) atoms. The van der Waals surface area contributed by atoms with Gasteiger partial charge in [-0.25, -0.2) is 0 Å². The van der Waals surface area contributed by atoms with Crippen molar-refractivity contribution in [2.75, 3.05) is 13.2 Å². The van der Waals surface area contributed by atoms with Crippen molar-refractivity contribution in [3.8, 4) is 5.75 Å². The molecule has 0 aliphatic heterocycles. The molecular weight excluding hydrogens is 230 g/mol. The van der Waals surface area contributed by atoms with Crippen molar-refractivity contribution in [1.29, 1.82) is 0 Å². The van der Waals surface area contributed by atoms with Crippen LogP contribution in [-0.4, -0.2) is 29.0 Å². The Kier molecular flexibility index (Phi) is 6.12. The van der Waals surface area contributed by atoms with Gasteiger partial charge in [0.05, 0.1) is 19.8 Å². The number of nitrogens with two attached hydrogens (primary N) is 1. The van der Waals surface area contributed by atoms with Crippen LogP contribution in [0.1, 0.15) is 31.7 Å². The van der Waals surface area contributed by atoms with E-state index in [0.29, 0.717) is 6.61 Å². The molecule has 1 aromatic rings. The molecule has 0 radical (unpaired) electrons. The van der Waals surface area contributed by atoms with Gasteiger partial charge < -0.3 is 20.7 Å². The molecular formula is C14H23NO3. The summed E-state index contributed by atoms with van der Waals surface area (Å²) in [5.41, 5.74) is 6.33. The third-order valence-corrected chi connectivity index (χ3v) is 3.19. The summed E-state index contributed by atoms with van der Waals surface area (Å²) in [5, 5.41) is 18.2. The van der Waals surface area contributed by atoms with Gasteiger partial charge in [0.15, 0.2) is 0 Å². The Morgan fingerprint density at radius 1 is 1.33 bits per heavy atom. The Hall–Kier alpha value is -1.10. The summed E-state index contributed by atoms with van der Waals surface area (Å²) >= 11 is 0. The lowest BCUT2D eigenvalue weighted by Gasteiger charge is -2.25.